The average Bonchev–Trinajstić information content (AvgIpc) is 3.46. The van der Waals surface area contributed by atoms with Crippen molar-refractivity contribution < 1.29 is 9.53 Å². The Bertz CT molecular complexity index is 1320. The molecule has 0 radical (unpaired) electrons. The van der Waals surface area contributed by atoms with Crippen LogP contribution in [0.25, 0.3) is 22.2 Å². The summed E-state index contributed by atoms with van der Waals surface area (Å²) in [4.78, 5) is 23.4. The van der Waals surface area contributed by atoms with Gasteiger partial charge < -0.3 is 10.1 Å². The minimum absolute atomic E-state index is 0.0734. The molecule has 3 aromatic heterocycles. The van der Waals surface area contributed by atoms with Gasteiger partial charge in [0.15, 0.2) is 0 Å². The van der Waals surface area contributed by atoms with Crippen LogP contribution in [0.4, 0.5) is 0 Å². The van der Waals surface area contributed by atoms with Crippen molar-refractivity contribution in [2.75, 3.05) is 0 Å². The summed E-state index contributed by atoms with van der Waals surface area (Å²) in [5.41, 5.74) is 3.91. The minimum Gasteiger partial charge on any atom is -0.439 e. The number of aromatic nitrogens is 4. The Balaban J connectivity index is 1.13. The number of nitrogens with one attached hydrogen (secondary N) is 2. The van der Waals surface area contributed by atoms with Crippen LogP contribution in [0.1, 0.15) is 38.3 Å². The van der Waals surface area contributed by atoms with E-state index in [2.05, 4.69) is 37.5 Å². The van der Waals surface area contributed by atoms with Crippen LogP contribution in [0.2, 0.25) is 0 Å². The van der Waals surface area contributed by atoms with Crippen LogP contribution in [-0.4, -0.2) is 49.1 Å². The number of fused-ring (bicyclic) bond motifs is 3. The molecule has 2 bridgehead atoms. The highest BCUT2D eigenvalue weighted by Crippen LogP contribution is 2.37. The van der Waals surface area contributed by atoms with Crippen LogP contribution in [0.3, 0.4) is 0 Å². The number of carbonyl (C=O) groups excluding carboxylic acids is 1. The summed E-state index contributed by atoms with van der Waals surface area (Å²) in [5, 5.41) is 11.1. The number of carbonyl (C=O) groups is 1. The lowest BCUT2D eigenvalue weighted by Gasteiger charge is -2.38. The van der Waals surface area contributed by atoms with Gasteiger partial charge in [-0.2, -0.15) is 5.10 Å². The first-order valence-electron chi connectivity index (χ1n) is 12.2. The molecule has 35 heavy (non-hydrogen) atoms. The summed E-state index contributed by atoms with van der Waals surface area (Å²) in [6.07, 6.45) is 7.94. The van der Waals surface area contributed by atoms with E-state index in [1.165, 1.54) is 12.8 Å². The van der Waals surface area contributed by atoms with E-state index in [9.17, 15) is 4.79 Å². The second-order valence-corrected chi connectivity index (χ2v) is 9.54. The van der Waals surface area contributed by atoms with Crippen LogP contribution in [0, 0.1) is 0 Å². The first-order chi connectivity index (χ1) is 17.1. The van der Waals surface area contributed by atoms with Crippen molar-refractivity contribution in [3.8, 4) is 22.9 Å². The molecular weight excluding hydrogens is 440 g/mol. The third kappa shape index (κ3) is 4.61. The van der Waals surface area contributed by atoms with E-state index in [-0.39, 0.29) is 5.91 Å². The lowest BCUT2D eigenvalue weighted by atomic mass is 9.97. The Morgan fingerprint density at radius 2 is 1.97 bits per heavy atom. The molecule has 8 heteroatoms. The number of benzene rings is 1. The van der Waals surface area contributed by atoms with Crippen molar-refractivity contribution in [2.45, 2.75) is 57.3 Å². The smallest absolute Gasteiger partial charge is 0.219 e. The summed E-state index contributed by atoms with van der Waals surface area (Å²) in [5.74, 6) is 1.34. The molecular formula is C27H28N6O2. The van der Waals surface area contributed by atoms with Gasteiger partial charge in [0, 0.05) is 61.0 Å². The zero-order valence-electron chi connectivity index (χ0n) is 19.6. The zero-order valence-corrected chi connectivity index (χ0v) is 19.6. The number of piperidine rings is 1. The second kappa shape index (κ2) is 9.11. The minimum atomic E-state index is 0.0734. The molecule has 2 fully saturated rings. The van der Waals surface area contributed by atoms with Gasteiger partial charge in [-0.3, -0.25) is 19.8 Å². The predicted octanol–water partition coefficient (Wildman–Crippen LogP) is 4.44. The number of amides is 1. The van der Waals surface area contributed by atoms with Crippen LogP contribution in [0.15, 0.2) is 60.9 Å². The van der Waals surface area contributed by atoms with Crippen molar-refractivity contribution in [1.29, 1.82) is 0 Å². The van der Waals surface area contributed by atoms with Gasteiger partial charge in [0.25, 0.3) is 0 Å². The average molecular weight is 469 g/mol. The quantitative estimate of drug-likeness (QED) is 0.434. The third-order valence-corrected chi connectivity index (χ3v) is 7.13. The van der Waals surface area contributed by atoms with Crippen LogP contribution >= 0.6 is 0 Å². The summed E-state index contributed by atoms with van der Waals surface area (Å²) < 4.78 is 5.98. The Hall–Kier alpha value is -3.78. The van der Waals surface area contributed by atoms with Crippen molar-refractivity contribution in [3.63, 3.8) is 0 Å². The monoisotopic (exact) mass is 468 g/mol. The van der Waals surface area contributed by atoms with E-state index in [0.29, 0.717) is 24.0 Å². The Kier molecular flexibility index (Phi) is 5.66. The van der Waals surface area contributed by atoms with Gasteiger partial charge in [-0.15, -0.1) is 0 Å². The van der Waals surface area contributed by atoms with Gasteiger partial charge in [-0.25, -0.2) is 4.98 Å². The number of rotatable bonds is 6. The van der Waals surface area contributed by atoms with Crippen LogP contribution in [0.5, 0.6) is 11.6 Å². The molecule has 1 unspecified atom stereocenters. The van der Waals surface area contributed by atoms with Gasteiger partial charge in [0.2, 0.25) is 11.8 Å². The molecule has 8 nitrogen and oxygen atoms in total. The standard InChI is InChI=1S/C27H28N6O2/c1-17(34)30-21-13-22-5-6-23(14-21)33(22)16-20-4-2-18-12-24(7-8-25(18)31-20)35-27-9-3-19(15-28-27)26-10-11-29-32-26/h2-4,7-12,15,21-23H,5-6,13-14,16H2,1H3,(H,29,32)(H,30,34)/t21?,22-,23+. The van der Waals surface area contributed by atoms with Crippen molar-refractivity contribution in [1.82, 2.24) is 30.4 Å². The molecule has 0 saturated carbocycles. The number of hydrogen-bond acceptors (Lipinski definition) is 6. The molecule has 0 spiro atoms. The molecule has 1 amide bonds. The first kappa shape index (κ1) is 21.7. The molecule has 2 aliphatic heterocycles. The van der Waals surface area contributed by atoms with Crippen molar-refractivity contribution in [3.05, 3.63) is 66.6 Å². The molecule has 6 rings (SSSR count). The number of hydrogen-bond donors (Lipinski definition) is 2. The molecule has 2 aliphatic rings. The molecule has 1 aromatic carbocycles. The fraction of sp³-hybridized carbons (Fsp3) is 0.333. The maximum Gasteiger partial charge on any atom is 0.219 e. The Morgan fingerprint density at radius 1 is 1.11 bits per heavy atom. The SMILES string of the molecule is CC(=O)NC1C[C@H]2CC[C@@H](C1)N2Cc1ccc2cc(Oc3ccc(-c4ccn[nH]4)cn3)ccc2n1. The normalized spacial score (nSPS) is 21.8. The van der Waals surface area contributed by atoms with E-state index in [4.69, 9.17) is 9.72 Å². The number of pyridine rings is 2. The fourth-order valence-electron chi connectivity index (χ4n) is 5.56. The van der Waals surface area contributed by atoms with E-state index in [0.717, 1.165) is 53.0 Å². The fourth-order valence-corrected chi connectivity index (χ4v) is 5.56. The number of H-pyrrole nitrogens is 1. The first-order valence-corrected chi connectivity index (χ1v) is 12.2. The van der Waals surface area contributed by atoms with E-state index >= 15 is 0 Å². The van der Waals surface area contributed by atoms with Gasteiger partial charge in [0.05, 0.1) is 16.9 Å². The van der Waals surface area contributed by atoms with E-state index < -0.39 is 0 Å². The molecule has 3 atom stereocenters. The predicted molar refractivity (Wildman–Crippen MR) is 133 cm³/mol. The summed E-state index contributed by atoms with van der Waals surface area (Å²) in [6.45, 7) is 2.46. The highest BCUT2D eigenvalue weighted by molar-refractivity contribution is 5.80. The topological polar surface area (TPSA) is 96.0 Å². The maximum absolute atomic E-state index is 11.5. The van der Waals surface area contributed by atoms with Gasteiger partial charge in [0.1, 0.15) is 5.75 Å². The molecule has 2 saturated heterocycles. The van der Waals surface area contributed by atoms with Crippen LogP contribution in [-0.2, 0) is 11.3 Å². The largest absolute Gasteiger partial charge is 0.439 e. The van der Waals surface area contributed by atoms with Gasteiger partial charge >= 0.3 is 0 Å². The Labute approximate surface area is 203 Å². The van der Waals surface area contributed by atoms with Crippen molar-refractivity contribution >= 4 is 16.8 Å². The van der Waals surface area contributed by atoms with Gasteiger partial charge in [-0.05, 0) is 62.1 Å². The number of nitrogens with zero attached hydrogens (tertiary/aromatic N) is 4. The second-order valence-electron chi connectivity index (χ2n) is 9.54. The summed E-state index contributed by atoms with van der Waals surface area (Å²) in [7, 11) is 0. The lowest BCUT2D eigenvalue weighted by Crippen LogP contribution is -2.49. The summed E-state index contributed by atoms with van der Waals surface area (Å²) in [6, 6.07) is 17.2. The van der Waals surface area contributed by atoms with Crippen molar-refractivity contribution in [2.24, 2.45) is 0 Å². The highest BCUT2D eigenvalue weighted by Gasteiger charge is 2.40. The zero-order chi connectivity index (χ0) is 23.8. The van der Waals surface area contributed by atoms with E-state index in [1.807, 2.05) is 36.4 Å². The van der Waals surface area contributed by atoms with Gasteiger partial charge in [-0.1, -0.05) is 6.07 Å². The molecule has 0 aliphatic carbocycles. The molecule has 178 valence electrons. The highest BCUT2D eigenvalue weighted by atomic mass is 16.5. The Morgan fingerprint density at radius 3 is 2.69 bits per heavy atom. The number of ether oxygens (including phenoxy) is 1. The third-order valence-electron chi connectivity index (χ3n) is 7.13. The maximum atomic E-state index is 11.5. The lowest BCUT2D eigenvalue weighted by molar-refractivity contribution is -0.120. The summed E-state index contributed by atoms with van der Waals surface area (Å²) >= 11 is 0. The molecule has 5 heterocycles. The molecule has 4 aromatic rings. The molecule has 2 N–H and O–H groups in total. The van der Waals surface area contributed by atoms with E-state index in [1.54, 1.807) is 19.3 Å². The van der Waals surface area contributed by atoms with Crippen LogP contribution < -0.4 is 10.1 Å². The number of aromatic amines is 1.